The molecule has 0 unspecified atom stereocenters. The van der Waals surface area contributed by atoms with Gasteiger partial charge in [-0.05, 0) is 0 Å². The molecule has 0 radical (unpaired) electrons. The molecular weight excluding hydrogens is 146 g/mol. The van der Waals surface area contributed by atoms with E-state index in [9.17, 15) is 9.59 Å². The van der Waals surface area contributed by atoms with Crippen molar-refractivity contribution in [1.29, 1.82) is 0 Å². The second kappa shape index (κ2) is 9.10. The van der Waals surface area contributed by atoms with Crippen LogP contribution in [0.3, 0.4) is 0 Å². The zero-order valence-electron chi connectivity index (χ0n) is 7.20. The van der Waals surface area contributed by atoms with Gasteiger partial charge in [0.1, 0.15) is 6.29 Å². The van der Waals surface area contributed by atoms with E-state index in [0.29, 0.717) is 11.3 Å². The summed E-state index contributed by atoms with van der Waals surface area (Å²) in [6.07, 6.45) is 0.891. The fourth-order valence-corrected chi connectivity index (χ4v) is 0.344. The first kappa shape index (κ1) is 12.7. The van der Waals surface area contributed by atoms with Gasteiger partial charge in [-0.2, -0.15) is 0 Å². The summed E-state index contributed by atoms with van der Waals surface area (Å²) in [7, 11) is 1.23. The lowest BCUT2D eigenvalue weighted by atomic mass is 10.3. The van der Waals surface area contributed by atoms with Crippen LogP contribution < -0.4 is 0 Å². The lowest BCUT2D eigenvalue weighted by molar-refractivity contribution is -0.159. The first-order chi connectivity index (χ1) is 5.18. The molecule has 0 spiro atoms. The smallest absolute Gasteiger partial charge is 0.246 e. The van der Waals surface area contributed by atoms with Gasteiger partial charge >= 0.3 is 0 Å². The molecule has 4 nitrogen and oxygen atoms in total. The summed E-state index contributed by atoms with van der Waals surface area (Å²) in [5.41, 5.74) is 0. The number of nitrogens with zero attached hydrogens (tertiary/aromatic N) is 1. The highest BCUT2D eigenvalue weighted by Crippen LogP contribution is 1.88. The number of amides is 1. The van der Waals surface area contributed by atoms with Crippen molar-refractivity contribution in [2.45, 2.75) is 26.7 Å². The zero-order chi connectivity index (χ0) is 9.28. The Kier molecular flexibility index (Phi) is 10.5. The fraction of sp³-hybridized carbons (Fsp3) is 0.714. The average molecular weight is 161 g/mol. The highest BCUT2D eigenvalue weighted by atomic mass is 16.5. The van der Waals surface area contributed by atoms with Crippen molar-refractivity contribution in [2.75, 3.05) is 7.05 Å². The highest BCUT2D eigenvalue weighted by Gasteiger charge is 2.02. The van der Waals surface area contributed by atoms with Gasteiger partial charge in [-0.25, -0.2) is 5.06 Å². The molecule has 66 valence electrons. The normalized spacial score (nSPS) is 7.64. The predicted molar refractivity (Wildman–Crippen MR) is 41.2 cm³/mol. The van der Waals surface area contributed by atoms with Crippen LogP contribution in [0.15, 0.2) is 0 Å². The summed E-state index contributed by atoms with van der Waals surface area (Å²) in [5.74, 6) is -0.442. The van der Waals surface area contributed by atoms with Crippen LogP contribution in [0.25, 0.3) is 0 Å². The summed E-state index contributed by atoms with van der Waals surface area (Å²) in [4.78, 5) is 20.1. The van der Waals surface area contributed by atoms with Crippen molar-refractivity contribution in [2.24, 2.45) is 0 Å². The third-order valence-corrected chi connectivity index (χ3v) is 0.837. The van der Waals surface area contributed by atoms with E-state index < -0.39 is 5.91 Å². The van der Waals surface area contributed by atoms with E-state index in [2.05, 4.69) is 0 Å². The maximum Gasteiger partial charge on any atom is 0.246 e. The molecule has 0 aromatic rings. The van der Waals surface area contributed by atoms with Gasteiger partial charge in [-0.3, -0.25) is 10.0 Å². The molecule has 0 aliphatic carbocycles. The van der Waals surface area contributed by atoms with E-state index >= 15 is 0 Å². The Morgan fingerprint density at radius 3 is 2.27 bits per heavy atom. The Bertz CT molecular complexity index is 112. The minimum Gasteiger partial charge on any atom is -0.303 e. The van der Waals surface area contributed by atoms with Gasteiger partial charge in [0.05, 0.1) is 0 Å². The number of hydroxylamine groups is 2. The lowest BCUT2D eigenvalue weighted by Gasteiger charge is -2.04. The standard InChI is InChI=1S/C5H9NO3.C2H6/c1-6(9)5(8)3-2-4-7;1-2/h4,9H,2-3H2,1H3;1-2H3. The number of hydrogen-bond donors (Lipinski definition) is 1. The molecule has 4 heteroatoms. The van der Waals surface area contributed by atoms with E-state index in [1.807, 2.05) is 13.8 Å². The van der Waals surface area contributed by atoms with Crippen molar-refractivity contribution in [3.63, 3.8) is 0 Å². The average Bonchev–Trinajstić information content (AvgIpc) is 2.03. The van der Waals surface area contributed by atoms with Gasteiger partial charge in [0.15, 0.2) is 0 Å². The first-order valence-electron chi connectivity index (χ1n) is 3.57. The van der Waals surface area contributed by atoms with Crippen LogP contribution in [0, 0.1) is 0 Å². The number of aldehydes is 1. The van der Waals surface area contributed by atoms with E-state index in [0.717, 1.165) is 0 Å². The Balaban J connectivity index is 0. The van der Waals surface area contributed by atoms with Crippen LogP contribution in [0.4, 0.5) is 0 Å². The Labute approximate surface area is 66.8 Å². The second-order valence-electron chi connectivity index (χ2n) is 1.62. The number of carbonyl (C=O) groups is 2. The molecule has 0 bridgehead atoms. The molecule has 0 aliphatic rings. The molecule has 0 rings (SSSR count). The van der Waals surface area contributed by atoms with Gasteiger partial charge < -0.3 is 4.79 Å². The quantitative estimate of drug-likeness (QED) is 0.379. The maximum atomic E-state index is 10.4. The molecule has 1 amide bonds. The molecule has 0 aromatic heterocycles. The van der Waals surface area contributed by atoms with Gasteiger partial charge in [0.2, 0.25) is 5.91 Å². The van der Waals surface area contributed by atoms with Crippen LogP contribution >= 0.6 is 0 Å². The third kappa shape index (κ3) is 9.10. The van der Waals surface area contributed by atoms with E-state index in [-0.39, 0.29) is 12.8 Å². The number of rotatable bonds is 3. The second-order valence-corrected chi connectivity index (χ2v) is 1.62. The Morgan fingerprint density at radius 1 is 1.55 bits per heavy atom. The largest absolute Gasteiger partial charge is 0.303 e. The molecule has 0 atom stereocenters. The van der Waals surface area contributed by atoms with Gasteiger partial charge in [0, 0.05) is 19.9 Å². The lowest BCUT2D eigenvalue weighted by Crippen LogP contribution is -2.21. The predicted octanol–water partition coefficient (Wildman–Crippen LogP) is 0.839. The maximum absolute atomic E-state index is 10.4. The van der Waals surface area contributed by atoms with Gasteiger partial charge in [0.25, 0.3) is 0 Å². The SMILES string of the molecule is CC.CN(O)C(=O)CCC=O. The number of hydrogen-bond acceptors (Lipinski definition) is 3. The molecule has 0 saturated carbocycles. The van der Waals surface area contributed by atoms with Crippen molar-refractivity contribution < 1.29 is 14.8 Å². The van der Waals surface area contributed by atoms with Crippen molar-refractivity contribution >= 4 is 12.2 Å². The van der Waals surface area contributed by atoms with Crippen LogP contribution in [0.5, 0.6) is 0 Å². The van der Waals surface area contributed by atoms with Crippen molar-refractivity contribution in [1.82, 2.24) is 5.06 Å². The van der Waals surface area contributed by atoms with Crippen molar-refractivity contribution in [3.05, 3.63) is 0 Å². The molecule has 0 heterocycles. The monoisotopic (exact) mass is 161 g/mol. The van der Waals surface area contributed by atoms with Gasteiger partial charge in [-0.1, -0.05) is 13.8 Å². The topological polar surface area (TPSA) is 57.6 Å². The van der Waals surface area contributed by atoms with Crippen LogP contribution in [-0.4, -0.2) is 29.5 Å². The first-order valence-corrected chi connectivity index (χ1v) is 3.57. The Hall–Kier alpha value is -0.900. The minimum atomic E-state index is -0.442. The molecule has 0 fully saturated rings. The molecular formula is C7H15NO3. The Morgan fingerprint density at radius 2 is 2.00 bits per heavy atom. The molecule has 0 aromatic carbocycles. The summed E-state index contributed by atoms with van der Waals surface area (Å²) in [5, 5.41) is 8.89. The highest BCUT2D eigenvalue weighted by molar-refractivity contribution is 5.76. The van der Waals surface area contributed by atoms with Crippen LogP contribution in [0.1, 0.15) is 26.7 Å². The number of carbonyl (C=O) groups excluding carboxylic acids is 2. The van der Waals surface area contributed by atoms with Gasteiger partial charge in [-0.15, -0.1) is 0 Å². The molecule has 0 saturated heterocycles. The third-order valence-electron chi connectivity index (χ3n) is 0.837. The van der Waals surface area contributed by atoms with Crippen molar-refractivity contribution in [3.8, 4) is 0 Å². The minimum absolute atomic E-state index is 0.0799. The summed E-state index contributed by atoms with van der Waals surface area (Å²) < 4.78 is 0. The summed E-state index contributed by atoms with van der Waals surface area (Å²) in [6.45, 7) is 4.00. The fourth-order valence-electron chi connectivity index (χ4n) is 0.344. The molecule has 0 aliphatic heterocycles. The zero-order valence-corrected chi connectivity index (χ0v) is 7.20. The van der Waals surface area contributed by atoms with Crippen LogP contribution in [0.2, 0.25) is 0 Å². The van der Waals surface area contributed by atoms with E-state index in [4.69, 9.17) is 5.21 Å². The van der Waals surface area contributed by atoms with E-state index in [1.165, 1.54) is 7.05 Å². The summed E-state index contributed by atoms with van der Waals surface area (Å²) in [6, 6.07) is 0. The van der Waals surface area contributed by atoms with Crippen LogP contribution in [-0.2, 0) is 9.59 Å². The molecule has 11 heavy (non-hydrogen) atoms. The molecule has 1 N–H and O–H groups in total. The summed E-state index contributed by atoms with van der Waals surface area (Å²) >= 11 is 0. The van der Waals surface area contributed by atoms with E-state index in [1.54, 1.807) is 0 Å².